The Morgan fingerprint density at radius 3 is 2.85 bits per heavy atom. The number of imidazole rings is 1. The Hall–Kier alpha value is -1.63. The second kappa shape index (κ2) is 5.78. The number of aryl methyl sites for hydroxylation is 3. The van der Waals surface area contributed by atoms with Gasteiger partial charge in [0, 0.05) is 47.7 Å². The van der Waals surface area contributed by atoms with Crippen molar-refractivity contribution in [2.45, 2.75) is 13.0 Å². The Bertz CT molecular complexity index is 714. The summed E-state index contributed by atoms with van der Waals surface area (Å²) >= 11 is 2.36. The third kappa shape index (κ3) is 2.77. The lowest BCUT2D eigenvalue weighted by Crippen LogP contribution is -2.05. The average molecular weight is 378 g/mol. The van der Waals surface area contributed by atoms with Crippen LogP contribution in [0.5, 0.6) is 0 Å². The minimum absolute atomic E-state index is 0.842. The number of rotatable bonds is 4. The number of aromatic nitrogens is 4. The maximum Gasteiger partial charge on any atom is 0.110 e. The van der Waals surface area contributed by atoms with Gasteiger partial charge in [-0.25, -0.2) is 4.98 Å². The van der Waals surface area contributed by atoms with Crippen molar-refractivity contribution in [3.63, 3.8) is 0 Å². The van der Waals surface area contributed by atoms with E-state index in [2.05, 4.69) is 63.1 Å². The number of halogens is 1. The van der Waals surface area contributed by atoms with Gasteiger partial charge in [-0.1, -0.05) is 18.2 Å². The van der Waals surface area contributed by atoms with Crippen molar-refractivity contribution in [1.29, 1.82) is 0 Å². The van der Waals surface area contributed by atoms with Crippen molar-refractivity contribution in [1.82, 2.24) is 19.3 Å². The fourth-order valence-electron chi connectivity index (χ4n) is 2.17. The van der Waals surface area contributed by atoms with E-state index in [0.717, 1.165) is 24.4 Å². The molecule has 0 N–H and O–H groups in total. The summed E-state index contributed by atoms with van der Waals surface area (Å²) in [7, 11) is 2.02. The van der Waals surface area contributed by atoms with Crippen LogP contribution in [0.4, 0.5) is 0 Å². The highest BCUT2D eigenvalue weighted by Gasteiger charge is 2.06. The maximum absolute atomic E-state index is 4.44. The molecule has 0 amide bonds. The van der Waals surface area contributed by atoms with Crippen LogP contribution in [-0.4, -0.2) is 19.3 Å². The molecule has 2 heterocycles. The molecule has 0 radical (unpaired) electrons. The summed E-state index contributed by atoms with van der Waals surface area (Å²) in [6.07, 6.45) is 8.71. The minimum Gasteiger partial charge on any atom is -0.338 e. The van der Waals surface area contributed by atoms with Gasteiger partial charge in [-0.2, -0.15) is 5.10 Å². The third-order valence-electron chi connectivity index (χ3n) is 3.30. The first kappa shape index (κ1) is 13.4. The lowest BCUT2D eigenvalue weighted by atomic mass is 10.1. The van der Waals surface area contributed by atoms with Crippen LogP contribution in [-0.2, 0) is 20.0 Å². The predicted molar refractivity (Wildman–Crippen MR) is 87.3 cm³/mol. The molecule has 102 valence electrons. The van der Waals surface area contributed by atoms with Gasteiger partial charge in [0.2, 0.25) is 0 Å². The number of benzene rings is 1. The van der Waals surface area contributed by atoms with E-state index in [1.807, 2.05) is 34.9 Å². The molecule has 0 atom stereocenters. The van der Waals surface area contributed by atoms with E-state index in [9.17, 15) is 0 Å². The first-order chi connectivity index (χ1) is 9.74. The van der Waals surface area contributed by atoms with Crippen molar-refractivity contribution in [2.24, 2.45) is 7.05 Å². The molecular formula is C15H15IN4. The minimum atomic E-state index is 0.842. The van der Waals surface area contributed by atoms with Crippen molar-refractivity contribution in [2.75, 3.05) is 0 Å². The van der Waals surface area contributed by atoms with E-state index >= 15 is 0 Å². The average Bonchev–Trinajstić information content (AvgIpc) is 3.06. The molecule has 0 unspecified atom stereocenters. The zero-order chi connectivity index (χ0) is 13.9. The largest absolute Gasteiger partial charge is 0.338 e. The zero-order valence-electron chi connectivity index (χ0n) is 11.2. The van der Waals surface area contributed by atoms with Gasteiger partial charge in [0.05, 0.1) is 6.20 Å². The summed E-state index contributed by atoms with van der Waals surface area (Å²) < 4.78 is 5.27. The molecule has 0 saturated heterocycles. The van der Waals surface area contributed by atoms with Crippen LogP contribution < -0.4 is 0 Å². The van der Waals surface area contributed by atoms with E-state index in [1.165, 1.54) is 9.13 Å². The van der Waals surface area contributed by atoms with Crippen LogP contribution in [0.2, 0.25) is 0 Å². The van der Waals surface area contributed by atoms with Gasteiger partial charge >= 0.3 is 0 Å². The fraction of sp³-hybridized carbons (Fsp3) is 0.200. The van der Waals surface area contributed by atoms with Gasteiger partial charge < -0.3 is 4.57 Å². The molecule has 0 spiro atoms. The standard InChI is InChI=1S/C15H15IN4/c1-19-9-7-17-15(19)6-8-20-11-12(10-18-20)13-4-2-3-5-14(13)16/h2-5,7,9-11H,6,8H2,1H3. The summed E-state index contributed by atoms with van der Waals surface area (Å²) in [5.41, 5.74) is 2.39. The molecule has 0 bridgehead atoms. The molecule has 0 fully saturated rings. The van der Waals surface area contributed by atoms with Gasteiger partial charge in [0.15, 0.2) is 0 Å². The third-order valence-corrected chi connectivity index (χ3v) is 4.24. The molecule has 5 heteroatoms. The fourth-order valence-corrected chi connectivity index (χ4v) is 2.87. The lowest BCUT2D eigenvalue weighted by molar-refractivity contribution is 0.589. The topological polar surface area (TPSA) is 35.6 Å². The van der Waals surface area contributed by atoms with Crippen molar-refractivity contribution >= 4 is 22.6 Å². The molecule has 0 aliphatic rings. The lowest BCUT2D eigenvalue weighted by Gasteiger charge is -2.02. The zero-order valence-corrected chi connectivity index (χ0v) is 13.4. The van der Waals surface area contributed by atoms with Gasteiger partial charge in [-0.05, 0) is 34.2 Å². The van der Waals surface area contributed by atoms with Crippen LogP contribution in [0, 0.1) is 3.57 Å². The van der Waals surface area contributed by atoms with Gasteiger partial charge in [0.1, 0.15) is 5.82 Å². The van der Waals surface area contributed by atoms with Crippen LogP contribution >= 0.6 is 22.6 Å². The quantitative estimate of drug-likeness (QED) is 0.654. The van der Waals surface area contributed by atoms with Crippen molar-refractivity contribution in [3.05, 3.63) is 58.4 Å². The smallest absolute Gasteiger partial charge is 0.110 e. The highest BCUT2D eigenvalue weighted by atomic mass is 127. The summed E-state index contributed by atoms with van der Waals surface area (Å²) in [6, 6.07) is 8.35. The summed E-state index contributed by atoms with van der Waals surface area (Å²) in [5, 5.41) is 4.44. The molecule has 20 heavy (non-hydrogen) atoms. The predicted octanol–water partition coefficient (Wildman–Crippen LogP) is 3.13. The SMILES string of the molecule is Cn1ccnc1CCn1cc(-c2ccccc2I)cn1. The molecule has 1 aromatic carbocycles. The maximum atomic E-state index is 4.44. The van der Waals surface area contributed by atoms with Crippen LogP contribution in [0.15, 0.2) is 49.1 Å². The second-order valence-electron chi connectivity index (χ2n) is 4.68. The Kier molecular flexibility index (Phi) is 3.86. The first-order valence-corrected chi connectivity index (χ1v) is 7.55. The van der Waals surface area contributed by atoms with E-state index in [0.29, 0.717) is 0 Å². The molecule has 0 aliphatic carbocycles. The molecule has 0 aliphatic heterocycles. The summed E-state index contributed by atoms with van der Waals surface area (Å²) in [4.78, 5) is 4.33. The number of hydrogen-bond acceptors (Lipinski definition) is 2. The number of nitrogens with zero attached hydrogens (tertiary/aromatic N) is 4. The first-order valence-electron chi connectivity index (χ1n) is 6.47. The molecule has 0 saturated carbocycles. The van der Waals surface area contributed by atoms with E-state index in [-0.39, 0.29) is 0 Å². The van der Waals surface area contributed by atoms with Crippen molar-refractivity contribution < 1.29 is 0 Å². The van der Waals surface area contributed by atoms with Crippen LogP contribution in [0.3, 0.4) is 0 Å². The molecule has 2 aromatic heterocycles. The van der Waals surface area contributed by atoms with E-state index in [1.54, 1.807) is 0 Å². The summed E-state index contributed by atoms with van der Waals surface area (Å²) in [6.45, 7) is 0.842. The molecule has 3 aromatic rings. The highest BCUT2D eigenvalue weighted by molar-refractivity contribution is 14.1. The Morgan fingerprint density at radius 1 is 1.25 bits per heavy atom. The summed E-state index contributed by atoms with van der Waals surface area (Å²) in [5.74, 6) is 1.08. The van der Waals surface area contributed by atoms with Gasteiger partial charge in [0.25, 0.3) is 0 Å². The molecule has 4 nitrogen and oxygen atoms in total. The highest BCUT2D eigenvalue weighted by Crippen LogP contribution is 2.24. The number of hydrogen-bond donors (Lipinski definition) is 0. The van der Waals surface area contributed by atoms with Crippen molar-refractivity contribution in [3.8, 4) is 11.1 Å². The normalized spacial score (nSPS) is 10.9. The van der Waals surface area contributed by atoms with E-state index in [4.69, 9.17) is 0 Å². The molecule has 3 rings (SSSR count). The Balaban J connectivity index is 1.74. The van der Waals surface area contributed by atoms with Gasteiger partial charge in [-0.3, -0.25) is 4.68 Å². The second-order valence-corrected chi connectivity index (χ2v) is 5.84. The van der Waals surface area contributed by atoms with E-state index < -0.39 is 0 Å². The van der Waals surface area contributed by atoms with Gasteiger partial charge in [-0.15, -0.1) is 0 Å². The Morgan fingerprint density at radius 2 is 2.10 bits per heavy atom. The monoisotopic (exact) mass is 378 g/mol. The Labute approximate surface area is 131 Å². The molecular weight excluding hydrogens is 363 g/mol. The van der Waals surface area contributed by atoms with Crippen LogP contribution in [0.1, 0.15) is 5.82 Å². The van der Waals surface area contributed by atoms with Crippen LogP contribution in [0.25, 0.3) is 11.1 Å².